The summed E-state index contributed by atoms with van der Waals surface area (Å²) < 4.78 is 0. The molecule has 0 bridgehead atoms. The van der Waals surface area contributed by atoms with Gasteiger partial charge in [-0.2, -0.15) is 0 Å². The fraction of sp³-hybridized carbons (Fsp3) is 1.00. The number of hydrogen-bond acceptors (Lipinski definition) is 3. The summed E-state index contributed by atoms with van der Waals surface area (Å²) in [4.78, 5) is 0. The van der Waals surface area contributed by atoms with Crippen LogP contribution in [-0.4, -0.2) is 23.8 Å². The highest BCUT2D eigenvalue weighted by Gasteiger charge is 2.13. The van der Waals surface area contributed by atoms with Gasteiger partial charge in [-0.05, 0) is 6.92 Å². The molecule has 7 heavy (non-hydrogen) atoms. The number of aliphatic hydroxyl groups is 1. The van der Waals surface area contributed by atoms with E-state index >= 15 is 0 Å². The van der Waals surface area contributed by atoms with Gasteiger partial charge in [-0.1, -0.05) is 0 Å². The van der Waals surface area contributed by atoms with E-state index in [1.165, 1.54) is 0 Å². The Labute approximate surface area is 43.3 Å². The van der Waals surface area contributed by atoms with Crippen molar-refractivity contribution in [3.63, 3.8) is 0 Å². The molecule has 0 fully saturated rings. The highest BCUT2D eigenvalue weighted by molar-refractivity contribution is 4.72. The van der Waals surface area contributed by atoms with Gasteiger partial charge in [0, 0.05) is 13.1 Å². The first-order chi connectivity index (χ1) is 3.12. The molecule has 0 atom stereocenters. The van der Waals surface area contributed by atoms with Crippen LogP contribution in [0.2, 0.25) is 0 Å². The van der Waals surface area contributed by atoms with E-state index in [0.29, 0.717) is 0 Å². The molecule has 3 nitrogen and oxygen atoms in total. The van der Waals surface area contributed by atoms with E-state index in [9.17, 15) is 0 Å². The molecule has 0 aliphatic rings. The normalized spacial score (nSPS) is 12.0. The summed E-state index contributed by atoms with van der Waals surface area (Å²) in [5.41, 5.74) is 9.31. The van der Waals surface area contributed by atoms with Gasteiger partial charge in [0.2, 0.25) is 0 Å². The lowest BCUT2D eigenvalue weighted by atomic mass is 10.1. The average molecular weight is 104 g/mol. The van der Waals surface area contributed by atoms with Crippen LogP contribution >= 0.6 is 0 Å². The average Bonchev–Trinajstić information content (AvgIpc) is 1.68. The van der Waals surface area contributed by atoms with E-state index < -0.39 is 5.60 Å². The van der Waals surface area contributed by atoms with Crippen molar-refractivity contribution in [1.29, 1.82) is 0 Å². The van der Waals surface area contributed by atoms with Crippen molar-refractivity contribution < 1.29 is 5.11 Å². The first-order valence-corrected chi connectivity index (χ1v) is 2.25. The fourth-order valence-electron chi connectivity index (χ4n) is 0.0833. The van der Waals surface area contributed by atoms with Crippen molar-refractivity contribution >= 4 is 0 Å². The molecule has 0 aromatic carbocycles. The monoisotopic (exact) mass is 104 g/mol. The van der Waals surface area contributed by atoms with Crippen LogP contribution in [0.4, 0.5) is 0 Å². The summed E-state index contributed by atoms with van der Waals surface area (Å²) in [5.74, 6) is 0. The van der Waals surface area contributed by atoms with Crippen molar-refractivity contribution in [3.8, 4) is 0 Å². The van der Waals surface area contributed by atoms with Crippen LogP contribution in [-0.2, 0) is 0 Å². The Kier molecular flexibility index (Phi) is 2.22. The van der Waals surface area contributed by atoms with Crippen LogP contribution < -0.4 is 11.5 Å². The Balaban J connectivity index is 3.36. The van der Waals surface area contributed by atoms with Gasteiger partial charge < -0.3 is 16.6 Å². The minimum atomic E-state index is -0.861. The molecule has 0 aromatic rings. The summed E-state index contributed by atoms with van der Waals surface area (Å²) >= 11 is 0. The molecule has 0 aromatic heterocycles. The third-order valence-electron chi connectivity index (χ3n) is 0.879. The van der Waals surface area contributed by atoms with Crippen LogP contribution in [0.3, 0.4) is 0 Å². The zero-order valence-corrected chi connectivity index (χ0v) is 4.52. The van der Waals surface area contributed by atoms with Crippen LogP contribution in [0.5, 0.6) is 0 Å². The third kappa shape index (κ3) is 2.56. The van der Waals surface area contributed by atoms with Crippen molar-refractivity contribution in [2.24, 2.45) is 11.5 Å². The maximum atomic E-state index is 8.88. The van der Waals surface area contributed by atoms with Gasteiger partial charge in [-0.15, -0.1) is 0 Å². The van der Waals surface area contributed by atoms with Crippen LogP contribution in [0, 0.1) is 0 Å². The molecule has 44 valence electrons. The highest BCUT2D eigenvalue weighted by atomic mass is 16.3. The molecule has 0 amide bonds. The largest absolute Gasteiger partial charge is 0.388 e. The first-order valence-electron chi connectivity index (χ1n) is 2.25. The molecule has 0 heterocycles. The Hall–Kier alpha value is -0.120. The fourth-order valence-corrected chi connectivity index (χ4v) is 0.0833. The first kappa shape index (κ1) is 6.88. The maximum absolute atomic E-state index is 8.88. The molecule has 0 spiro atoms. The van der Waals surface area contributed by atoms with Crippen molar-refractivity contribution in [2.75, 3.05) is 13.1 Å². The van der Waals surface area contributed by atoms with Gasteiger partial charge in [0.15, 0.2) is 0 Å². The van der Waals surface area contributed by atoms with Crippen LogP contribution in [0.15, 0.2) is 0 Å². The van der Waals surface area contributed by atoms with E-state index in [4.69, 9.17) is 16.6 Å². The highest BCUT2D eigenvalue weighted by Crippen LogP contribution is 1.93. The van der Waals surface area contributed by atoms with Crippen molar-refractivity contribution in [3.05, 3.63) is 0 Å². The van der Waals surface area contributed by atoms with E-state index in [0.717, 1.165) is 0 Å². The zero-order chi connectivity index (χ0) is 5.91. The summed E-state index contributed by atoms with van der Waals surface area (Å²) in [5, 5.41) is 8.88. The third-order valence-corrected chi connectivity index (χ3v) is 0.879. The van der Waals surface area contributed by atoms with E-state index in [1.54, 1.807) is 6.92 Å². The van der Waals surface area contributed by atoms with E-state index in [1.807, 2.05) is 0 Å². The Bertz CT molecular complexity index is 47.7. The minimum absolute atomic E-state index is 0.226. The molecule has 3 heteroatoms. The predicted octanol–water partition coefficient (Wildman–Crippen LogP) is -1.35. The van der Waals surface area contributed by atoms with E-state index in [2.05, 4.69) is 0 Å². The topological polar surface area (TPSA) is 72.3 Å². The van der Waals surface area contributed by atoms with Gasteiger partial charge >= 0.3 is 0 Å². The summed E-state index contributed by atoms with van der Waals surface area (Å²) in [6.07, 6.45) is 0. The SMILES string of the molecule is CC(O)(CN)CN. The van der Waals surface area contributed by atoms with Gasteiger partial charge in [-0.25, -0.2) is 0 Å². The second kappa shape index (κ2) is 2.26. The number of hydrogen-bond donors (Lipinski definition) is 3. The standard InChI is InChI=1S/C4H12N2O/c1-4(7,2-5)3-6/h7H,2-3,5-6H2,1H3. The van der Waals surface area contributed by atoms with Gasteiger partial charge in [0.1, 0.15) is 0 Å². The molecular formula is C4H12N2O. The van der Waals surface area contributed by atoms with Crippen molar-refractivity contribution in [2.45, 2.75) is 12.5 Å². The van der Waals surface area contributed by atoms with E-state index in [-0.39, 0.29) is 13.1 Å². The predicted molar refractivity (Wildman–Crippen MR) is 28.7 cm³/mol. The molecule has 0 radical (unpaired) electrons. The quantitative estimate of drug-likeness (QED) is 0.406. The summed E-state index contributed by atoms with van der Waals surface area (Å²) in [7, 11) is 0. The second-order valence-corrected chi connectivity index (χ2v) is 1.91. The number of nitrogens with two attached hydrogens (primary N) is 2. The van der Waals surface area contributed by atoms with Crippen LogP contribution in [0.1, 0.15) is 6.92 Å². The smallest absolute Gasteiger partial charge is 0.0862 e. The second-order valence-electron chi connectivity index (χ2n) is 1.91. The Morgan fingerprint density at radius 2 is 1.71 bits per heavy atom. The maximum Gasteiger partial charge on any atom is 0.0862 e. The lowest BCUT2D eigenvalue weighted by Gasteiger charge is -2.16. The molecule has 0 saturated heterocycles. The molecule has 0 aliphatic carbocycles. The molecule has 0 saturated carbocycles. The number of rotatable bonds is 2. The summed E-state index contributed by atoms with van der Waals surface area (Å²) in [6, 6.07) is 0. The zero-order valence-electron chi connectivity index (χ0n) is 4.52. The lowest BCUT2D eigenvalue weighted by molar-refractivity contribution is 0.0784. The molecule has 0 aliphatic heterocycles. The van der Waals surface area contributed by atoms with Gasteiger partial charge in [0.05, 0.1) is 5.60 Å². The molecular weight excluding hydrogens is 92.1 g/mol. The lowest BCUT2D eigenvalue weighted by Crippen LogP contribution is -2.41. The van der Waals surface area contributed by atoms with Crippen molar-refractivity contribution in [1.82, 2.24) is 0 Å². The molecule has 0 rings (SSSR count). The minimum Gasteiger partial charge on any atom is -0.388 e. The van der Waals surface area contributed by atoms with Gasteiger partial charge in [0.25, 0.3) is 0 Å². The molecule has 5 N–H and O–H groups in total. The Morgan fingerprint density at radius 1 is 1.43 bits per heavy atom. The summed E-state index contributed by atoms with van der Waals surface area (Å²) in [6.45, 7) is 2.06. The molecule has 0 unspecified atom stereocenters. The Morgan fingerprint density at radius 3 is 1.71 bits per heavy atom. The van der Waals surface area contributed by atoms with Gasteiger partial charge in [-0.3, -0.25) is 0 Å². The van der Waals surface area contributed by atoms with Crippen LogP contribution in [0.25, 0.3) is 0 Å².